The van der Waals surface area contributed by atoms with E-state index in [-0.39, 0.29) is 28.7 Å². The molecule has 8 nitrogen and oxygen atoms in total. The molecule has 166 valence electrons. The number of amides is 2. The lowest BCUT2D eigenvalue weighted by molar-refractivity contribution is -0.130. The average molecular weight is 449 g/mol. The fourth-order valence-corrected chi connectivity index (χ4v) is 4.19. The molecular formula is C21H25FN4O4S. The zero-order chi connectivity index (χ0) is 22.6. The predicted octanol–water partition coefficient (Wildman–Crippen LogP) is 1.15. The third-order valence-corrected chi connectivity index (χ3v) is 6.91. The summed E-state index contributed by atoms with van der Waals surface area (Å²) in [5, 5.41) is 2.56. The normalized spacial score (nSPS) is 14.6. The van der Waals surface area contributed by atoms with Crippen LogP contribution in [0.15, 0.2) is 53.4 Å². The molecule has 0 unspecified atom stereocenters. The molecule has 1 N–H and O–H groups in total. The van der Waals surface area contributed by atoms with Gasteiger partial charge < -0.3 is 15.1 Å². The average Bonchev–Trinajstić information content (AvgIpc) is 2.78. The summed E-state index contributed by atoms with van der Waals surface area (Å²) < 4.78 is 38.6. The van der Waals surface area contributed by atoms with Crippen LogP contribution in [-0.4, -0.2) is 76.3 Å². The van der Waals surface area contributed by atoms with E-state index in [0.29, 0.717) is 26.2 Å². The third-order valence-electron chi connectivity index (χ3n) is 5.10. The summed E-state index contributed by atoms with van der Waals surface area (Å²) in [5.74, 6) is -1.03. The van der Waals surface area contributed by atoms with Gasteiger partial charge in [-0.25, -0.2) is 17.1 Å². The monoisotopic (exact) mass is 448 g/mol. The van der Waals surface area contributed by atoms with E-state index in [1.807, 2.05) is 0 Å². The predicted molar refractivity (Wildman–Crippen MR) is 115 cm³/mol. The first kappa shape index (κ1) is 22.7. The van der Waals surface area contributed by atoms with Crippen molar-refractivity contribution in [1.29, 1.82) is 0 Å². The van der Waals surface area contributed by atoms with Crippen LogP contribution < -0.4 is 10.2 Å². The van der Waals surface area contributed by atoms with Crippen LogP contribution in [0.2, 0.25) is 0 Å². The molecule has 1 fully saturated rings. The minimum absolute atomic E-state index is 0.00777. The molecule has 31 heavy (non-hydrogen) atoms. The molecule has 10 heteroatoms. The molecule has 1 aliphatic heterocycles. The smallest absolute Gasteiger partial charge is 0.251 e. The Hall–Kier alpha value is -2.98. The van der Waals surface area contributed by atoms with Crippen LogP contribution in [0.1, 0.15) is 10.4 Å². The summed E-state index contributed by atoms with van der Waals surface area (Å²) in [6, 6.07) is 11.9. The Bertz CT molecular complexity index is 1050. The van der Waals surface area contributed by atoms with Gasteiger partial charge in [0.1, 0.15) is 5.82 Å². The highest BCUT2D eigenvalue weighted by molar-refractivity contribution is 7.89. The zero-order valence-electron chi connectivity index (χ0n) is 17.4. The van der Waals surface area contributed by atoms with Gasteiger partial charge in [0.05, 0.1) is 11.4 Å². The van der Waals surface area contributed by atoms with Gasteiger partial charge in [-0.05, 0) is 42.5 Å². The first-order valence-electron chi connectivity index (χ1n) is 9.77. The van der Waals surface area contributed by atoms with Crippen LogP contribution in [0.25, 0.3) is 0 Å². The Balaban J connectivity index is 1.53. The number of rotatable bonds is 6. The molecular weight excluding hydrogens is 423 g/mol. The summed E-state index contributed by atoms with van der Waals surface area (Å²) in [6.45, 7) is 2.01. The van der Waals surface area contributed by atoms with E-state index in [9.17, 15) is 22.4 Å². The highest BCUT2D eigenvalue weighted by Gasteiger charge is 2.22. The maximum atomic E-state index is 13.1. The van der Waals surface area contributed by atoms with Crippen molar-refractivity contribution in [2.75, 3.05) is 51.7 Å². The van der Waals surface area contributed by atoms with Crippen LogP contribution in [0, 0.1) is 5.82 Å². The van der Waals surface area contributed by atoms with Gasteiger partial charge in [-0.2, -0.15) is 0 Å². The van der Waals surface area contributed by atoms with Gasteiger partial charge in [-0.3, -0.25) is 9.59 Å². The highest BCUT2D eigenvalue weighted by Crippen LogP contribution is 2.17. The second kappa shape index (κ2) is 9.44. The lowest BCUT2D eigenvalue weighted by Gasteiger charge is -2.36. The molecule has 0 bridgehead atoms. The van der Waals surface area contributed by atoms with E-state index in [2.05, 4.69) is 10.2 Å². The van der Waals surface area contributed by atoms with Crippen LogP contribution in [-0.2, 0) is 14.8 Å². The Labute approximate surface area is 181 Å². The second-order valence-electron chi connectivity index (χ2n) is 7.34. The maximum Gasteiger partial charge on any atom is 0.251 e. The fourth-order valence-electron chi connectivity index (χ4n) is 3.24. The first-order valence-corrected chi connectivity index (χ1v) is 11.2. The number of halogens is 1. The van der Waals surface area contributed by atoms with Gasteiger partial charge in [0.2, 0.25) is 15.9 Å². The number of hydrogen-bond donors (Lipinski definition) is 1. The van der Waals surface area contributed by atoms with Crippen molar-refractivity contribution < 1.29 is 22.4 Å². The van der Waals surface area contributed by atoms with Crippen molar-refractivity contribution in [3.8, 4) is 0 Å². The molecule has 0 atom stereocenters. The van der Waals surface area contributed by atoms with Gasteiger partial charge in [-0.15, -0.1) is 0 Å². The van der Waals surface area contributed by atoms with Crippen molar-refractivity contribution in [3.05, 3.63) is 59.9 Å². The molecule has 0 spiro atoms. The Kier molecular flexibility index (Phi) is 6.91. The van der Waals surface area contributed by atoms with Gasteiger partial charge in [0.25, 0.3) is 5.91 Å². The Morgan fingerprint density at radius 3 is 2.29 bits per heavy atom. The Morgan fingerprint density at radius 2 is 1.68 bits per heavy atom. The lowest BCUT2D eigenvalue weighted by atomic mass is 10.2. The summed E-state index contributed by atoms with van der Waals surface area (Å²) >= 11 is 0. The molecule has 0 saturated carbocycles. The van der Waals surface area contributed by atoms with Crippen LogP contribution in [0.4, 0.5) is 10.1 Å². The lowest BCUT2D eigenvalue weighted by Crippen LogP contribution is -2.51. The van der Waals surface area contributed by atoms with Gasteiger partial charge in [0.15, 0.2) is 0 Å². The number of carbonyl (C=O) groups excluding carboxylic acids is 2. The molecule has 0 aliphatic carbocycles. The van der Waals surface area contributed by atoms with E-state index in [4.69, 9.17) is 0 Å². The number of carbonyl (C=O) groups is 2. The fraction of sp³-hybridized carbons (Fsp3) is 0.333. The molecule has 1 aliphatic rings. The topological polar surface area (TPSA) is 90.0 Å². The maximum absolute atomic E-state index is 13.1. The summed E-state index contributed by atoms with van der Waals surface area (Å²) in [4.78, 5) is 28.6. The summed E-state index contributed by atoms with van der Waals surface area (Å²) in [6.07, 6.45) is 0. The van der Waals surface area contributed by atoms with Gasteiger partial charge in [-0.1, -0.05) is 6.07 Å². The van der Waals surface area contributed by atoms with Crippen LogP contribution >= 0.6 is 0 Å². The number of piperazine rings is 1. The number of benzene rings is 2. The number of anilines is 1. The van der Waals surface area contributed by atoms with Gasteiger partial charge in [0, 0.05) is 51.5 Å². The molecule has 1 heterocycles. The van der Waals surface area contributed by atoms with Crippen LogP contribution in [0.5, 0.6) is 0 Å². The molecule has 0 radical (unpaired) electrons. The Morgan fingerprint density at radius 1 is 1.03 bits per heavy atom. The van der Waals surface area contributed by atoms with Crippen molar-refractivity contribution in [3.63, 3.8) is 0 Å². The van der Waals surface area contributed by atoms with Gasteiger partial charge >= 0.3 is 0 Å². The zero-order valence-corrected chi connectivity index (χ0v) is 18.2. The second-order valence-corrected chi connectivity index (χ2v) is 9.49. The molecule has 0 aromatic heterocycles. The summed E-state index contributed by atoms with van der Waals surface area (Å²) in [5.41, 5.74) is 1.06. The van der Waals surface area contributed by atoms with Crippen molar-refractivity contribution in [2.24, 2.45) is 0 Å². The van der Waals surface area contributed by atoms with E-state index in [0.717, 1.165) is 9.99 Å². The van der Waals surface area contributed by atoms with Crippen molar-refractivity contribution in [1.82, 2.24) is 14.5 Å². The summed E-state index contributed by atoms with van der Waals surface area (Å²) in [7, 11) is -0.833. The molecule has 3 rings (SSSR count). The van der Waals surface area contributed by atoms with E-state index in [1.54, 1.807) is 17.0 Å². The third kappa shape index (κ3) is 5.39. The number of hydrogen-bond acceptors (Lipinski definition) is 5. The largest absolute Gasteiger partial charge is 0.368 e. The minimum atomic E-state index is -3.66. The SMILES string of the molecule is CN(C)S(=O)(=O)c1cccc(C(=O)NCC(=O)N2CCN(c3ccc(F)cc3)CC2)c1. The van der Waals surface area contributed by atoms with E-state index >= 15 is 0 Å². The molecule has 2 aromatic rings. The van der Waals surface area contributed by atoms with E-state index in [1.165, 1.54) is 50.5 Å². The quantitative estimate of drug-likeness (QED) is 0.716. The number of nitrogens with zero attached hydrogens (tertiary/aromatic N) is 3. The van der Waals surface area contributed by atoms with E-state index < -0.39 is 15.9 Å². The standard InChI is InChI=1S/C21H25FN4O4S/c1-24(2)31(29,30)19-5-3-4-16(14-19)21(28)23-15-20(27)26-12-10-25(11-13-26)18-8-6-17(22)7-9-18/h3-9,14H,10-13,15H2,1-2H3,(H,23,28). The molecule has 1 saturated heterocycles. The highest BCUT2D eigenvalue weighted by atomic mass is 32.2. The van der Waals surface area contributed by atoms with Crippen molar-refractivity contribution >= 4 is 27.5 Å². The minimum Gasteiger partial charge on any atom is -0.368 e. The number of sulfonamides is 1. The van der Waals surface area contributed by atoms with Crippen LogP contribution in [0.3, 0.4) is 0 Å². The van der Waals surface area contributed by atoms with Crippen molar-refractivity contribution in [2.45, 2.75) is 4.90 Å². The first-order chi connectivity index (χ1) is 14.7. The molecule has 2 aromatic carbocycles. The molecule has 2 amide bonds. The number of nitrogens with one attached hydrogen (secondary N) is 1.